The molecule has 0 aliphatic carbocycles. The highest BCUT2D eigenvalue weighted by molar-refractivity contribution is 6.30. The van der Waals surface area contributed by atoms with Gasteiger partial charge in [-0.25, -0.2) is 4.68 Å². The van der Waals surface area contributed by atoms with E-state index in [4.69, 9.17) is 16.3 Å². The van der Waals surface area contributed by atoms with Crippen molar-refractivity contribution in [3.8, 4) is 5.69 Å². The number of halogens is 1. The zero-order valence-electron chi connectivity index (χ0n) is 16.2. The van der Waals surface area contributed by atoms with E-state index in [9.17, 15) is 4.79 Å². The third-order valence-corrected chi connectivity index (χ3v) is 5.28. The number of morpholine rings is 1. The molecule has 1 saturated heterocycles. The fraction of sp³-hybridized carbons (Fsp3) is 0.500. The van der Waals surface area contributed by atoms with Crippen LogP contribution in [0.25, 0.3) is 5.69 Å². The Morgan fingerprint density at radius 2 is 2.07 bits per heavy atom. The Bertz CT molecular complexity index is 797. The van der Waals surface area contributed by atoms with Gasteiger partial charge >= 0.3 is 0 Å². The van der Waals surface area contributed by atoms with Crippen molar-refractivity contribution < 1.29 is 9.53 Å². The molecule has 2 aromatic rings. The number of amides is 1. The molecule has 1 fully saturated rings. The monoisotopic (exact) mass is 390 g/mol. The third-order valence-electron chi connectivity index (χ3n) is 5.05. The van der Waals surface area contributed by atoms with Gasteiger partial charge in [-0.2, -0.15) is 5.10 Å². The summed E-state index contributed by atoms with van der Waals surface area (Å²) in [5.74, 6) is -0.0959. The van der Waals surface area contributed by atoms with Crippen molar-refractivity contribution in [2.45, 2.75) is 32.7 Å². The second-order valence-electron chi connectivity index (χ2n) is 7.34. The fourth-order valence-corrected chi connectivity index (χ4v) is 3.59. The van der Waals surface area contributed by atoms with E-state index < -0.39 is 0 Å². The molecule has 0 saturated carbocycles. The van der Waals surface area contributed by atoms with Crippen LogP contribution < -0.4 is 5.32 Å². The lowest BCUT2D eigenvalue weighted by molar-refractivity contribution is -0.00923. The number of carbonyl (C=O) groups is 1. The van der Waals surface area contributed by atoms with Crippen LogP contribution in [0.15, 0.2) is 30.5 Å². The third kappa shape index (κ3) is 4.51. The van der Waals surface area contributed by atoms with Gasteiger partial charge in [0.25, 0.3) is 5.91 Å². The van der Waals surface area contributed by atoms with Crippen molar-refractivity contribution >= 4 is 17.5 Å². The first-order valence-corrected chi connectivity index (χ1v) is 9.74. The average Bonchev–Trinajstić information content (AvgIpc) is 3.11. The Kier molecular flexibility index (Phi) is 6.19. The molecule has 7 heteroatoms. The van der Waals surface area contributed by atoms with Gasteiger partial charge in [0.2, 0.25) is 0 Å². The van der Waals surface area contributed by atoms with Crippen molar-refractivity contribution in [2.24, 2.45) is 0 Å². The first-order valence-electron chi connectivity index (χ1n) is 9.36. The molecule has 1 aromatic carbocycles. The molecule has 1 aliphatic heterocycles. The normalized spacial score (nSPS) is 15.7. The van der Waals surface area contributed by atoms with Crippen LogP contribution in [0.3, 0.4) is 0 Å². The van der Waals surface area contributed by atoms with E-state index in [2.05, 4.69) is 29.2 Å². The predicted octanol–water partition coefficient (Wildman–Crippen LogP) is 2.93. The predicted molar refractivity (Wildman–Crippen MR) is 107 cm³/mol. The maximum absolute atomic E-state index is 12.8. The van der Waals surface area contributed by atoms with Crippen LogP contribution in [0.2, 0.25) is 5.02 Å². The molecule has 0 bridgehead atoms. The molecular formula is C20H27ClN4O2. The summed E-state index contributed by atoms with van der Waals surface area (Å²) in [5, 5.41) is 8.15. The summed E-state index contributed by atoms with van der Waals surface area (Å²) in [6.45, 7) is 10.1. The molecule has 146 valence electrons. The minimum absolute atomic E-state index is 0.0959. The fourth-order valence-electron chi connectivity index (χ4n) is 3.41. The van der Waals surface area contributed by atoms with Gasteiger partial charge in [0, 0.05) is 30.2 Å². The second kappa shape index (κ2) is 8.42. The van der Waals surface area contributed by atoms with Crippen molar-refractivity contribution in [1.82, 2.24) is 20.0 Å². The van der Waals surface area contributed by atoms with E-state index in [0.29, 0.717) is 23.6 Å². The lowest BCUT2D eigenvalue weighted by Crippen LogP contribution is -2.55. The quantitative estimate of drug-likeness (QED) is 0.823. The van der Waals surface area contributed by atoms with Gasteiger partial charge in [0.1, 0.15) is 0 Å². The van der Waals surface area contributed by atoms with E-state index in [0.717, 1.165) is 37.7 Å². The first kappa shape index (κ1) is 19.9. The number of ether oxygens (including phenoxy) is 1. The van der Waals surface area contributed by atoms with E-state index in [1.165, 1.54) is 0 Å². The summed E-state index contributed by atoms with van der Waals surface area (Å²) >= 11 is 6.10. The Morgan fingerprint density at radius 3 is 2.74 bits per heavy atom. The zero-order valence-corrected chi connectivity index (χ0v) is 16.9. The molecule has 1 amide bonds. The summed E-state index contributed by atoms with van der Waals surface area (Å²) in [7, 11) is 0. The molecule has 1 aliphatic rings. The van der Waals surface area contributed by atoms with Gasteiger partial charge in [0.05, 0.1) is 36.4 Å². The Balaban J connectivity index is 1.73. The summed E-state index contributed by atoms with van der Waals surface area (Å²) in [6, 6.07) is 7.48. The molecule has 0 atom stereocenters. The number of carbonyl (C=O) groups excluding carboxylic acids is 1. The molecule has 1 aromatic heterocycles. The lowest BCUT2D eigenvalue weighted by atomic mass is 10.0. The maximum Gasteiger partial charge on any atom is 0.254 e. The SMILES string of the molecule is CCc1c(C(=O)NCC(C)(C)N2CCOCC2)cnn1-c1cccc(Cl)c1. The van der Waals surface area contributed by atoms with Gasteiger partial charge in [-0.15, -0.1) is 0 Å². The maximum atomic E-state index is 12.8. The molecule has 0 radical (unpaired) electrons. The van der Waals surface area contributed by atoms with Gasteiger partial charge in [-0.05, 0) is 38.5 Å². The summed E-state index contributed by atoms with van der Waals surface area (Å²) in [5.41, 5.74) is 2.20. The average molecular weight is 391 g/mol. The number of hydrogen-bond donors (Lipinski definition) is 1. The largest absolute Gasteiger partial charge is 0.379 e. The number of nitrogens with zero attached hydrogens (tertiary/aromatic N) is 3. The molecule has 3 rings (SSSR count). The molecule has 0 spiro atoms. The van der Waals surface area contributed by atoms with Gasteiger partial charge in [0.15, 0.2) is 0 Å². The zero-order chi connectivity index (χ0) is 19.4. The lowest BCUT2D eigenvalue weighted by Gasteiger charge is -2.40. The van der Waals surface area contributed by atoms with Crippen molar-refractivity contribution in [3.05, 3.63) is 46.7 Å². The minimum atomic E-state index is -0.130. The Morgan fingerprint density at radius 1 is 1.33 bits per heavy atom. The Hall–Kier alpha value is -1.89. The first-order chi connectivity index (χ1) is 12.9. The van der Waals surface area contributed by atoms with Crippen molar-refractivity contribution in [3.63, 3.8) is 0 Å². The number of benzene rings is 1. The summed E-state index contributed by atoms with van der Waals surface area (Å²) in [6.07, 6.45) is 2.33. The minimum Gasteiger partial charge on any atom is -0.379 e. The topological polar surface area (TPSA) is 59.4 Å². The van der Waals surface area contributed by atoms with E-state index in [-0.39, 0.29) is 11.4 Å². The van der Waals surface area contributed by atoms with Crippen molar-refractivity contribution in [2.75, 3.05) is 32.8 Å². The van der Waals surface area contributed by atoms with Crippen LogP contribution in [0.4, 0.5) is 0 Å². The molecule has 6 nitrogen and oxygen atoms in total. The van der Waals surface area contributed by atoms with Crippen LogP contribution in [0.5, 0.6) is 0 Å². The van der Waals surface area contributed by atoms with Crippen LogP contribution >= 0.6 is 11.6 Å². The summed E-state index contributed by atoms with van der Waals surface area (Å²) < 4.78 is 7.21. The van der Waals surface area contributed by atoms with Crippen LogP contribution in [-0.4, -0.2) is 59.0 Å². The smallest absolute Gasteiger partial charge is 0.254 e. The highest BCUT2D eigenvalue weighted by atomic mass is 35.5. The highest BCUT2D eigenvalue weighted by Gasteiger charge is 2.29. The van der Waals surface area contributed by atoms with Gasteiger partial charge < -0.3 is 10.1 Å². The molecule has 2 heterocycles. The van der Waals surface area contributed by atoms with E-state index in [1.54, 1.807) is 10.9 Å². The van der Waals surface area contributed by atoms with Gasteiger partial charge in [-0.1, -0.05) is 24.6 Å². The molecule has 0 unspecified atom stereocenters. The number of rotatable bonds is 6. The van der Waals surface area contributed by atoms with E-state index in [1.807, 2.05) is 31.2 Å². The summed E-state index contributed by atoms with van der Waals surface area (Å²) in [4.78, 5) is 15.2. The van der Waals surface area contributed by atoms with Crippen LogP contribution in [0, 0.1) is 0 Å². The highest BCUT2D eigenvalue weighted by Crippen LogP contribution is 2.20. The number of aromatic nitrogens is 2. The van der Waals surface area contributed by atoms with Crippen molar-refractivity contribution in [1.29, 1.82) is 0 Å². The number of nitrogens with one attached hydrogen (secondary N) is 1. The number of hydrogen-bond acceptors (Lipinski definition) is 4. The van der Waals surface area contributed by atoms with E-state index >= 15 is 0 Å². The molecule has 27 heavy (non-hydrogen) atoms. The van der Waals surface area contributed by atoms with Gasteiger partial charge in [-0.3, -0.25) is 9.69 Å². The Labute approximate surface area is 165 Å². The van der Waals surface area contributed by atoms with Crippen LogP contribution in [-0.2, 0) is 11.2 Å². The standard InChI is InChI=1S/C20H27ClN4O2/c1-4-18-17(13-23-25(18)16-7-5-6-15(21)12-16)19(26)22-14-20(2,3)24-8-10-27-11-9-24/h5-7,12-13H,4,8-11,14H2,1-3H3,(H,22,26). The second-order valence-corrected chi connectivity index (χ2v) is 7.78. The van der Waals surface area contributed by atoms with Crippen LogP contribution in [0.1, 0.15) is 36.8 Å². The molecular weight excluding hydrogens is 364 g/mol. The molecule has 1 N–H and O–H groups in total.